The monoisotopic (exact) mass is 442 g/mol. The summed E-state index contributed by atoms with van der Waals surface area (Å²) in [6.45, 7) is 3.60. The number of amides is 1. The fourth-order valence-corrected chi connectivity index (χ4v) is 3.46. The summed E-state index contributed by atoms with van der Waals surface area (Å²) >= 11 is 0. The number of piperidine rings is 1. The van der Waals surface area contributed by atoms with Crippen LogP contribution in [0.2, 0.25) is 0 Å². The smallest absolute Gasteiger partial charge is 0.414 e. The number of likely N-dealkylation sites (tertiary alicyclic amines) is 1. The lowest BCUT2D eigenvalue weighted by Gasteiger charge is -2.31. The molecule has 1 heterocycles. The Labute approximate surface area is 187 Å². The molecule has 172 valence electrons. The van der Waals surface area contributed by atoms with Crippen molar-refractivity contribution in [2.75, 3.05) is 26.7 Å². The maximum Gasteiger partial charge on any atom is 0.414 e. The number of nitrogens with zero attached hydrogens (tertiary/aromatic N) is 1. The van der Waals surface area contributed by atoms with Crippen LogP contribution in [-0.4, -0.2) is 59.7 Å². The molecule has 1 amide bonds. The number of ether oxygens (including phenoxy) is 1. The highest BCUT2D eigenvalue weighted by atomic mass is 16.5. The third kappa shape index (κ3) is 8.77. The lowest BCUT2D eigenvalue weighted by Crippen LogP contribution is -2.40. The Balaban J connectivity index is 0.000000534. The van der Waals surface area contributed by atoms with Gasteiger partial charge in [-0.2, -0.15) is 0 Å². The predicted octanol–water partition coefficient (Wildman–Crippen LogP) is 2.42. The Kier molecular flexibility index (Phi) is 10.2. The van der Waals surface area contributed by atoms with Crippen LogP contribution in [0.15, 0.2) is 54.6 Å². The van der Waals surface area contributed by atoms with Crippen LogP contribution >= 0.6 is 0 Å². The molecule has 1 aliphatic heterocycles. The van der Waals surface area contributed by atoms with Gasteiger partial charge in [-0.1, -0.05) is 42.5 Å². The number of carboxylic acid groups (broad SMARTS) is 2. The van der Waals surface area contributed by atoms with Crippen molar-refractivity contribution in [1.82, 2.24) is 10.2 Å². The lowest BCUT2D eigenvalue weighted by atomic mass is 9.95. The molecule has 3 rings (SSSR count). The average Bonchev–Trinajstić information content (AvgIpc) is 2.81. The first kappa shape index (κ1) is 24.9. The fourth-order valence-electron chi connectivity index (χ4n) is 3.46. The number of methoxy groups -OCH3 is 1. The van der Waals surface area contributed by atoms with Crippen molar-refractivity contribution in [2.45, 2.75) is 25.8 Å². The number of carboxylic acids is 2. The molecular formula is C24H30N2O6. The normalized spacial score (nSPS) is 14.0. The van der Waals surface area contributed by atoms with Crippen LogP contribution in [0.3, 0.4) is 0 Å². The van der Waals surface area contributed by atoms with Crippen molar-refractivity contribution in [3.05, 3.63) is 65.7 Å². The molecule has 0 spiro atoms. The predicted molar refractivity (Wildman–Crippen MR) is 119 cm³/mol. The summed E-state index contributed by atoms with van der Waals surface area (Å²) in [4.78, 5) is 33.0. The maximum atomic E-state index is 12.4. The van der Waals surface area contributed by atoms with Crippen molar-refractivity contribution >= 4 is 17.8 Å². The van der Waals surface area contributed by atoms with Crippen molar-refractivity contribution < 1.29 is 29.3 Å². The molecule has 3 N–H and O–H groups in total. The molecule has 2 aromatic rings. The molecule has 1 aliphatic rings. The zero-order chi connectivity index (χ0) is 23.3. The first-order valence-electron chi connectivity index (χ1n) is 10.5. The Morgan fingerprint density at radius 1 is 0.938 bits per heavy atom. The van der Waals surface area contributed by atoms with Crippen LogP contribution in [0.1, 0.15) is 24.0 Å². The molecule has 8 nitrogen and oxygen atoms in total. The molecular weight excluding hydrogens is 412 g/mol. The van der Waals surface area contributed by atoms with E-state index in [4.69, 9.17) is 24.5 Å². The fraction of sp³-hybridized carbons (Fsp3) is 0.375. The second kappa shape index (κ2) is 13.1. The number of carbonyl (C=O) groups is 3. The Hall–Kier alpha value is -3.39. The van der Waals surface area contributed by atoms with E-state index >= 15 is 0 Å². The zero-order valence-electron chi connectivity index (χ0n) is 18.2. The van der Waals surface area contributed by atoms with Gasteiger partial charge in [0.25, 0.3) is 0 Å². The van der Waals surface area contributed by atoms with Crippen molar-refractivity contribution in [1.29, 1.82) is 0 Å². The Morgan fingerprint density at radius 3 is 2.06 bits per heavy atom. The molecule has 0 bridgehead atoms. The second-order valence-corrected chi connectivity index (χ2v) is 7.54. The van der Waals surface area contributed by atoms with E-state index in [1.165, 1.54) is 11.1 Å². The number of aliphatic carboxylic acids is 2. The molecule has 1 saturated heterocycles. The highest BCUT2D eigenvalue weighted by Gasteiger charge is 2.24. The largest absolute Gasteiger partial charge is 0.497 e. The third-order valence-electron chi connectivity index (χ3n) is 5.26. The highest BCUT2D eigenvalue weighted by Crippen LogP contribution is 2.20. The van der Waals surface area contributed by atoms with Gasteiger partial charge in [0.15, 0.2) is 0 Å². The number of benzene rings is 2. The molecule has 0 aromatic heterocycles. The van der Waals surface area contributed by atoms with Crippen molar-refractivity contribution in [2.24, 2.45) is 5.92 Å². The lowest BCUT2D eigenvalue weighted by molar-refractivity contribution is -0.159. The molecule has 0 saturated carbocycles. The van der Waals surface area contributed by atoms with Gasteiger partial charge in [0.1, 0.15) is 5.75 Å². The summed E-state index contributed by atoms with van der Waals surface area (Å²) < 4.78 is 5.20. The van der Waals surface area contributed by atoms with Crippen LogP contribution in [0.25, 0.3) is 0 Å². The first-order chi connectivity index (χ1) is 15.4. The molecule has 0 aliphatic carbocycles. The standard InChI is InChI=1S/C22H28N2O2.C2H2O4/c1-26-21-9-7-19(8-10-21)17-24-15-12-20(13-16-24)22(25)23-14-11-18-5-3-2-4-6-18;3-1(4)2(5)6/h2-10,20H,11-17H2,1H3,(H,23,25);(H,3,4)(H,5,6). The summed E-state index contributed by atoms with van der Waals surface area (Å²) in [6.07, 6.45) is 2.77. The minimum absolute atomic E-state index is 0.151. The number of carbonyl (C=O) groups excluding carboxylic acids is 1. The van der Waals surface area contributed by atoms with Gasteiger partial charge in [0.05, 0.1) is 7.11 Å². The maximum absolute atomic E-state index is 12.4. The van der Waals surface area contributed by atoms with Gasteiger partial charge in [0.2, 0.25) is 5.91 Å². The number of hydrogen-bond donors (Lipinski definition) is 3. The summed E-state index contributed by atoms with van der Waals surface area (Å²) in [5.41, 5.74) is 2.55. The van der Waals surface area contributed by atoms with Gasteiger partial charge in [-0.15, -0.1) is 0 Å². The Bertz CT molecular complexity index is 850. The van der Waals surface area contributed by atoms with Gasteiger partial charge in [-0.25, -0.2) is 9.59 Å². The number of hydrogen-bond acceptors (Lipinski definition) is 5. The van der Waals surface area contributed by atoms with Crippen LogP contribution in [-0.2, 0) is 27.3 Å². The van der Waals surface area contributed by atoms with Gasteiger partial charge in [0, 0.05) is 19.0 Å². The van der Waals surface area contributed by atoms with Gasteiger partial charge < -0.3 is 20.3 Å². The summed E-state index contributed by atoms with van der Waals surface area (Å²) in [5, 5.41) is 17.9. The van der Waals surface area contributed by atoms with Crippen LogP contribution in [0.5, 0.6) is 5.75 Å². The van der Waals surface area contributed by atoms with Crippen LogP contribution in [0.4, 0.5) is 0 Å². The highest BCUT2D eigenvalue weighted by molar-refractivity contribution is 6.27. The number of rotatable bonds is 7. The molecule has 1 fully saturated rings. The van der Waals surface area contributed by atoms with E-state index in [0.29, 0.717) is 0 Å². The van der Waals surface area contributed by atoms with Gasteiger partial charge >= 0.3 is 11.9 Å². The van der Waals surface area contributed by atoms with Crippen LogP contribution < -0.4 is 10.1 Å². The zero-order valence-corrected chi connectivity index (χ0v) is 18.2. The summed E-state index contributed by atoms with van der Waals surface area (Å²) in [6, 6.07) is 18.5. The quantitative estimate of drug-likeness (QED) is 0.564. The van der Waals surface area contributed by atoms with E-state index in [1.807, 2.05) is 30.3 Å². The minimum atomic E-state index is -1.82. The molecule has 32 heavy (non-hydrogen) atoms. The topological polar surface area (TPSA) is 116 Å². The van der Waals surface area contributed by atoms with E-state index in [-0.39, 0.29) is 11.8 Å². The minimum Gasteiger partial charge on any atom is -0.497 e. The molecule has 8 heteroatoms. The van der Waals surface area contributed by atoms with E-state index in [0.717, 1.165) is 51.2 Å². The van der Waals surface area contributed by atoms with E-state index in [9.17, 15) is 4.79 Å². The molecule has 0 unspecified atom stereocenters. The molecule has 2 aromatic carbocycles. The first-order valence-corrected chi connectivity index (χ1v) is 10.5. The summed E-state index contributed by atoms with van der Waals surface area (Å²) in [7, 11) is 1.69. The Morgan fingerprint density at radius 2 is 1.53 bits per heavy atom. The van der Waals surface area contributed by atoms with Crippen molar-refractivity contribution in [3.8, 4) is 5.75 Å². The van der Waals surface area contributed by atoms with E-state index in [2.05, 4.69) is 34.5 Å². The summed E-state index contributed by atoms with van der Waals surface area (Å²) in [5.74, 6) is -2.40. The van der Waals surface area contributed by atoms with E-state index < -0.39 is 11.9 Å². The van der Waals surface area contributed by atoms with Gasteiger partial charge in [-0.3, -0.25) is 9.69 Å². The SMILES string of the molecule is COc1ccc(CN2CCC(C(=O)NCCc3ccccc3)CC2)cc1.O=C(O)C(=O)O. The average molecular weight is 443 g/mol. The van der Waals surface area contributed by atoms with Crippen molar-refractivity contribution in [3.63, 3.8) is 0 Å². The van der Waals surface area contributed by atoms with E-state index in [1.54, 1.807) is 7.11 Å². The van der Waals surface area contributed by atoms with Gasteiger partial charge in [-0.05, 0) is 55.6 Å². The third-order valence-corrected chi connectivity index (χ3v) is 5.26. The molecule has 0 radical (unpaired) electrons. The molecule has 0 atom stereocenters. The number of nitrogens with one attached hydrogen (secondary N) is 1. The second-order valence-electron chi connectivity index (χ2n) is 7.54. The van der Waals surface area contributed by atoms with Crippen LogP contribution in [0, 0.1) is 5.92 Å².